The molecule has 1 amide bonds. The van der Waals surface area contributed by atoms with Crippen LogP contribution in [0.1, 0.15) is 5.56 Å². The molecule has 0 unspecified atom stereocenters. The van der Waals surface area contributed by atoms with E-state index in [1.165, 1.54) is 10.3 Å². The van der Waals surface area contributed by atoms with Crippen molar-refractivity contribution in [3.8, 4) is 11.3 Å². The number of para-hydroxylation sites is 1. The van der Waals surface area contributed by atoms with Gasteiger partial charge in [0.15, 0.2) is 0 Å². The number of nitrogens with one attached hydrogen (secondary N) is 2. The predicted octanol–water partition coefficient (Wildman–Crippen LogP) is 6.41. The third kappa shape index (κ3) is 4.96. The van der Waals surface area contributed by atoms with Crippen LogP contribution < -0.4 is 5.32 Å². The van der Waals surface area contributed by atoms with E-state index in [1.807, 2.05) is 72.8 Å². The summed E-state index contributed by atoms with van der Waals surface area (Å²) in [7, 11) is 0. The summed E-state index contributed by atoms with van der Waals surface area (Å²) in [5.41, 5.74) is 4.27. The van der Waals surface area contributed by atoms with Gasteiger partial charge in [-0.2, -0.15) is 0 Å². The molecule has 4 aromatic rings. The molecule has 0 spiro atoms. The van der Waals surface area contributed by atoms with E-state index in [2.05, 4.69) is 22.4 Å². The normalized spacial score (nSPS) is 11.2. The molecule has 1 heterocycles. The second-order valence-corrected chi connectivity index (χ2v) is 8.31. The van der Waals surface area contributed by atoms with Gasteiger partial charge in [0, 0.05) is 39.2 Å². The van der Waals surface area contributed by atoms with E-state index in [1.54, 1.807) is 17.8 Å². The Hall–Kier alpha value is -2.95. The molecule has 2 N–H and O–H groups in total. The molecule has 0 radical (unpaired) electrons. The maximum atomic E-state index is 12.1. The Kier molecular flexibility index (Phi) is 6.57. The van der Waals surface area contributed by atoms with Crippen molar-refractivity contribution in [2.75, 3.05) is 12.3 Å². The van der Waals surface area contributed by atoms with E-state index >= 15 is 0 Å². The summed E-state index contributed by atoms with van der Waals surface area (Å²) in [6, 6.07) is 25.9. The predicted molar refractivity (Wildman–Crippen MR) is 128 cm³/mol. The molecule has 5 heteroatoms. The number of rotatable bonds is 7. The maximum Gasteiger partial charge on any atom is 0.244 e. The molecule has 4 rings (SSSR count). The fourth-order valence-electron chi connectivity index (χ4n) is 3.21. The molecule has 0 aliphatic carbocycles. The van der Waals surface area contributed by atoms with Crippen LogP contribution in [0.2, 0.25) is 5.02 Å². The Morgan fingerprint density at radius 1 is 0.967 bits per heavy atom. The zero-order valence-corrected chi connectivity index (χ0v) is 17.8. The van der Waals surface area contributed by atoms with Crippen molar-refractivity contribution in [1.29, 1.82) is 0 Å². The molecule has 0 saturated carbocycles. The molecule has 0 bridgehead atoms. The fraction of sp³-hybridized carbons (Fsp3) is 0.0800. The lowest BCUT2D eigenvalue weighted by atomic mass is 10.1. The van der Waals surface area contributed by atoms with Crippen molar-refractivity contribution >= 4 is 46.2 Å². The first-order valence-corrected chi connectivity index (χ1v) is 11.1. The number of halogens is 1. The van der Waals surface area contributed by atoms with E-state index in [-0.39, 0.29) is 5.91 Å². The number of hydrogen-bond acceptors (Lipinski definition) is 2. The van der Waals surface area contributed by atoms with Crippen LogP contribution in [0, 0.1) is 0 Å². The number of hydrogen-bond donors (Lipinski definition) is 2. The molecular formula is C25H21ClN2OS. The number of amides is 1. The lowest BCUT2D eigenvalue weighted by molar-refractivity contribution is -0.116. The van der Waals surface area contributed by atoms with E-state index in [9.17, 15) is 4.79 Å². The number of H-pyrrole nitrogens is 1. The Morgan fingerprint density at radius 2 is 1.70 bits per heavy atom. The van der Waals surface area contributed by atoms with Crippen LogP contribution in [0.15, 0.2) is 89.8 Å². The summed E-state index contributed by atoms with van der Waals surface area (Å²) in [5, 5.41) is 4.86. The van der Waals surface area contributed by atoms with Gasteiger partial charge in [0.1, 0.15) is 0 Å². The summed E-state index contributed by atoms with van der Waals surface area (Å²) >= 11 is 7.79. The van der Waals surface area contributed by atoms with E-state index < -0.39 is 0 Å². The van der Waals surface area contributed by atoms with Gasteiger partial charge in [-0.05, 0) is 35.4 Å². The lowest BCUT2D eigenvalue weighted by Crippen LogP contribution is -2.23. The molecule has 3 nitrogen and oxygen atoms in total. The van der Waals surface area contributed by atoms with Crippen molar-refractivity contribution in [2.24, 2.45) is 0 Å². The Labute approximate surface area is 185 Å². The van der Waals surface area contributed by atoms with Crippen molar-refractivity contribution < 1.29 is 4.79 Å². The maximum absolute atomic E-state index is 12.1. The van der Waals surface area contributed by atoms with E-state index in [4.69, 9.17) is 11.6 Å². The van der Waals surface area contributed by atoms with Gasteiger partial charge >= 0.3 is 0 Å². The average Bonchev–Trinajstić information content (AvgIpc) is 3.15. The minimum atomic E-state index is -0.0868. The largest absolute Gasteiger partial charge is 0.354 e. The highest BCUT2D eigenvalue weighted by Crippen LogP contribution is 2.37. The number of carbonyl (C=O) groups excluding carboxylic acids is 1. The standard InChI is InChI=1S/C25H21ClN2OS/c26-20-13-11-19(12-14-20)24-25(21-8-4-5-9-22(21)28-24)30-17-16-27-23(29)15-10-18-6-2-1-3-7-18/h1-15,28H,16-17H2,(H,27,29)/b15-10+. The van der Waals surface area contributed by atoms with Crippen LogP contribution >= 0.6 is 23.4 Å². The van der Waals surface area contributed by atoms with Gasteiger partial charge in [-0.15, -0.1) is 11.8 Å². The molecule has 3 aromatic carbocycles. The number of benzene rings is 3. The summed E-state index contributed by atoms with van der Waals surface area (Å²) in [4.78, 5) is 16.8. The smallest absolute Gasteiger partial charge is 0.244 e. The number of aromatic nitrogens is 1. The second-order valence-electron chi connectivity index (χ2n) is 6.77. The monoisotopic (exact) mass is 432 g/mol. The third-order valence-corrected chi connectivity index (χ3v) is 6.04. The van der Waals surface area contributed by atoms with Crippen LogP contribution in [0.4, 0.5) is 0 Å². The molecule has 0 atom stereocenters. The summed E-state index contributed by atoms with van der Waals surface area (Å²) < 4.78 is 0. The van der Waals surface area contributed by atoms with Crippen LogP contribution in [0.3, 0.4) is 0 Å². The number of aromatic amines is 1. The topological polar surface area (TPSA) is 44.9 Å². The van der Waals surface area contributed by atoms with Crippen LogP contribution in [0.25, 0.3) is 28.2 Å². The van der Waals surface area contributed by atoms with E-state index in [0.29, 0.717) is 6.54 Å². The molecule has 1 aromatic heterocycles. The molecule has 150 valence electrons. The SMILES string of the molecule is O=C(/C=C/c1ccccc1)NCCSc1c(-c2ccc(Cl)cc2)[nH]c2ccccc12. The van der Waals surface area contributed by atoms with Gasteiger partial charge in [0.25, 0.3) is 0 Å². The number of fused-ring (bicyclic) bond motifs is 1. The van der Waals surface area contributed by atoms with Crippen molar-refractivity contribution in [3.05, 3.63) is 95.5 Å². The van der Waals surface area contributed by atoms with Crippen molar-refractivity contribution in [3.63, 3.8) is 0 Å². The highest BCUT2D eigenvalue weighted by atomic mass is 35.5. The first-order valence-electron chi connectivity index (χ1n) is 9.71. The molecule has 30 heavy (non-hydrogen) atoms. The van der Waals surface area contributed by atoms with Gasteiger partial charge in [-0.25, -0.2) is 0 Å². The van der Waals surface area contributed by atoms with E-state index in [0.717, 1.165) is 33.1 Å². The second kappa shape index (κ2) is 9.70. The Bertz CT molecular complexity index is 1170. The fourth-order valence-corrected chi connectivity index (χ4v) is 4.39. The van der Waals surface area contributed by atoms with Crippen LogP contribution in [0.5, 0.6) is 0 Å². The minimum absolute atomic E-state index is 0.0868. The minimum Gasteiger partial charge on any atom is -0.354 e. The summed E-state index contributed by atoms with van der Waals surface area (Å²) in [6.45, 7) is 0.586. The molecular weight excluding hydrogens is 412 g/mol. The first kappa shape index (κ1) is 20.3. The third-order valence-electron chi connectivity index (χ3n) is 4.67. The van der Waals surface area contributed by atoms with Gasteiger partial charge in [-0.1, -0.05) is 72.3 Å². The van der Waals surface area contributed by atoms with Crippen molar-refractivity contribution in [1.82, 2.24) is 10.3 Å². The average molecular weight is 433 g/mol. The lowest BCUT2D eigenvalue weighted by Gasteiger charge is -2.06. The van der Waals surface area contributed by atoms with Crippen LogP contribution in [-0.2, 0) is 4.79 Å². The summed E-state index contributed by atoms with van der Waals surface area (Å²) in [5.74, 6) is 0.684. The molecule has 0 saturated heterocycles. The Morgan fingerprint density at radius 3 is 2.50 bits per heavy atom. The highest BCUT2D eigenvalue weighted by molar-refractivity contribution is 7.99. The van der Waals surface area contributed by atoms with Gasteiger partial charge in [-0.3, -0.25) is 4.79 Å². The zero-order chi connectivity index (χ0) is 20.8. The summed E-state index contributed by atoms with van der Waals surface area (Å²) in [6.07, 6.45) is 3.39. The van der Waals surface area contributed by atoms with Gasteiger partial charge in [0.05, 0.1) is 5.69 Å². The van der Waals surface area contributed by atoms with Crippen LogP contribution in [-0.4, -0.2) is 23.2 Å². The molecule has 0 fully saturated rings. The van der Waals surface area contributed by atoms with Gasteiger partial charge < -0.3 is 10.3 Å². The quantitative estimate of drug-likeness (QED) is 0.201. The molecule has 0 aliphatic heterocycles. The molecule has 0 aliphatic rings. The number of thioether (sulfide) groups is 1. The van der Waals surface area contributed by atoms with Crippen molar-refractivity contribution in [2.45, 2.75) is 4.90 Å². The van der Waals surface area contributed by atoms with Gasteiger partial charge in [0.2, 0.25) is 5.91 Å². The number of carbonyl (C=O) groups is 1. The zero-order valence-electron chi connectivity index (χ0n) is 16.3. The Balaban J connectivity index is 1.42. The first-order chi connectivity index (χ1) is 14.7. The highest BCUT2D eigenvalue weighted by Gasteiger charge is 2.13.